The lowest BCUT2D eigenvalue weighted by Gasteiger charge is -2.08. The number of nitrogens with zero attached hydrogens (tertiary/aromatic N) is 1. The summed E-state index contributed by atoms with van der Waals surface area (Å²) in [5, 5.41) is 3.79. The standard InChI is InChI=1S/C17H16BrFN2O2/c1-2-12-5-8-16(15(18)9-12)23-11-17(22)21-20-10-13-3-6-14(19)7-4-13/h3-10H,2,11H2,1H3,(H,21,22)/b20-10+. The van der Waals surface area contributed by atoms with Crippen molar-refractivity contribution in [1.82, 2.24) is 5.43 Å². The van der Waals surface area contributed by atoms with Crippen LogP contribution in [0.2, 0.25) is 0 Å². The minimum atomic E-state index is -0.380. The van der Waals surface area contributed by atoms with Gasteiger partial charge in [-0.15, -0.1) is 0 Å². The second-order valence-corrected chi connectivity index (χ2v) is 5.61. The average molecular weight is 379 g/mol. The second-order valence-electron chi connectivity index (χ2n) is 4.75. The highest BCUT2D eigenvalue weighted by Gasteiger charge is 2.05. The molecule has 120 valence electrons. The number of aryl methyl sites for hydroxylation is 1. The molecule has 0 aliphatic carbocycles. The van der Waals surface area contributed by atoms with Crippen molar-refractivity contribution >= 4 is 28.1 Å². The number of ether oxygens (including phenoxy) is 1. The highest BCUT2D eigenvalue weighted by atomic mass is 79.9. The van der Waals surface area contributed by atoms with Crippen LogP contribution in [0.1, 0.15) is 18.1 Å². The van der Waals surface area contributed by atoms with Crippen LogP contribution in [0.5, 0.6) is 5.75 Å². The maximum atomic E-state index is 12.7. The Hall–Kier alpha value is -2.21. The molecule has 6 heteroatoms. The first-order valence-corrected chi connectivity index (χ1v) is 7.86. The number of hydrogen-bond acceptors (Lipinski definition) is 3. The molecule has 0 fully saturated rings. The fourth-order valence-corrected chi connectivity index (χ4v) is 2.33. The van der Waals surface area contributed by atoms with E-state index >= 15 is 0 Å². The Labute approximate surface area is 142 Å². The van der Waals surface area contributed by atoms with Crippen molar-refractivity contribution in [1.29, 1.82) is 0 Å². The Morgan fingerprint density at radius 2 is 2.04 bits per heavy atom. The van der Waals surface area contributed by atoms with Gasteiger partial charge in [-0.25, -0.2) is 9.82 Å². The Bertz CT molecular complexity index is 702. The van der Waals surface area contributed by atoms with E-state index in [1.54, 1.807) is 12.1 Å². The zero-order valence-electron chi connectivity index (χ0n) is 12.6. The van der Waals surface area contributed by atoms with Crippen molar-refractivity contribution in [2.75, 3.05) is 6.61 Å². The normalized spacial score (nSPS) is 10.7. The molecule has 0 radical (unpaired) electrons. The fourth-order valence-electron chi connectivity index (χ4n) is 1.78. The first kappa shape index (κ1) is 17.1. The van der Waals surface area contributed by atoms with Crippen LogP contribution in [0, 0.1) is 5.82 Å². The van der Waals surface area contributed by atoms with Gasteiger partial charge >= 0.3 is 0 Å². The molecule has 0 aliphatic heterocycles. The van der Waals surface area contributed by atoms with Crippen LogP contribution >= 0.6 is 15.9 Å². The van der Waals surface area contributed by atoms with Crippen LogP contribution in [0.15, 0.2) is 52.0 Å². The number of benzene rings is 2. The topological polar surface area (TPSA) is 50.7 Å². The molecule has 0 unspecified atom stereocenters. The number of carbonyl (C=O) groups excluding carboxylic acids is 1. The van der Waals surface area contributed by atoms with Crippen molar-refractivity contribution in [3.05, 3.63) is 63.9 Å². The Morgan fingerprint density at radius 1 is 1.30 bits per heavy atom. The van der Waals surface area contributed by atoms with Crippen molar-refractivity contribution in [3.63, 3.8) is 0 Å². The third-order valence-corrected chi connectivity index (χ3v) is 3.66. The lowest BCUT2D eigenvalue weighted by molar-refractivity contribution is -0.123. The minimum Gasteiger partial charge on any atom is -0.483 e. The lowest BCUT2D eigenvalue weighted by Crippen LogP contribution is -2.24. The summed E-state index contributed by atoms with van der Waals surface area (Å²) in [6.45, 7) is 1.92. The quantitative estimate of drug-likeness (QED) is 0.615. The van der Waals surface area contributed by atoms with Gasteiger partial charge < -0.3 is 4.74 Å². The molecule has 0 spiro atoms. The summed E-state index contributed by atoms with van der Waals surface area (Å²) < 4.78 is 19.0. The van der Waals surface area contributed by atoms with Crippen molar-refractivity contribution in [3.8, 4) is 5.75 Å². The van der Waals surface area contributed by atoms with E-state index in [-0.39, 0.29) is 18.3 Å². The number of hydrogen-bond donors (Lipinski definition) is 1. The molecule has 0 aliphatic rings. The van der Waals surface area contributed by atoms with E-state index in [0.29, 0.717) is 11.3 Å². The predicted molar refractivity (Wildman–Crippen MR) is 91.2 cm³/mol. The zero-order valence-corrected chi connectivity index (χ0v) is 14.1. The van der Waals surface area contributed by atoms with Crippen LogP contribution in [-0.2, 0) is 11.2 Å². The molecular formula is C17H16BrFN2O2. The monoisotopic (exact) mass is 378 g/mol. The largest absolute Gasteiger partial charge is 0.483 e. The number of carbonyl (C=O) groups is 1. The van der Waals surface area contributed by atoms with Crippen LogP contribution in [0.3, 0.4) is 0 Å². The third kappa shape index (κ3) is 5.49. The van der Waals surface area contributed by atoms with E-state index in [4.69, 9.17) is 4.74 Å². The summed E-state index contributed by atoms with van der Waals surface area (Å²) in [5.41, 5.74) is 4.22. The van der Waals surface area contributed by atoms with Crippen LogP contribution < -0.4 is 10.2 Å². The van der Waals surface area contributed by atoms with Gasteiger partial charge in [0.05, 0.1) is 10.7 Å². The molecule has 2 aromatic rings. The van der Waals surface area contributed by atoms with E-state index < -0.39 is 0 Å². The number of hydrazone groups is 1. The fraction of sp³-hybridized carbons (Fsp3) is 0.176. The molecule has 2 aromatic carbocycles. The smallest absolute Gasteiger partial charge is 0.277 e. The number of rotatable bonds is 6. The molecule has 0 atom stereocenters. The summed E-state index contributed by atoms with van der Waals surface area (Å²) in [6, 6.07) is 11.5. The summed E-state index contributed by atoms with van der Waals surface area (Å²) in [7, 11) is 0. The number of halogens is 2. The van der Waals surface area contributed by atoms with Gasteiger partial charge in [-0.1, -0.05) is 25.1 Å². The maximum absolute atomic E-state index is 12.7. The van der Waals surface area contributed by atoms with E-state index in [0.717, 1.165) is 10.9 Å². The zero-order chi connectivity index (χ0) is 16.7. The first-order chi connectivity index (χ1) is 11.1. The van der Waals surface area contributed by atoms with Crippen molar-refractivity contribution in [2.24, 2.45) is 5.10 Å². The summed E-state index contributed by atoms with van der Waals surface area (Å²) in [4.78, 5) is 11.7. The van der Waals surface area contributed by atoms with E-state index in [2.05, 4.69) is 33.4 Å². The van der Waals surface area contributed by atoms with Crippen LogP contribution in [0.25, 0.3) is 0 Å². The molecule has 23 heavy (non-hydrogen) atoms. The van der Waals surface area contributed by atoms with Gasteiger partial charge in [-0.05, 0) is 57.7 Å². The SMILES string of the molecule is CCc1ccc(OCC(=O)N/N=C/c2ccc(F)cc2)c(Br)c1. The second kappa shape index (κ2) is 8.43. The highest BCUT2D eigenvalue weighted by Crippen LogP contribution is 2.26. The van der Waals surface area contributed by atoms with E-state index in [1.165, 1.54) is 23.9 Å². The van der Waals surface area contributed by atoms with Crippen LogP contribution in [0.4, 0.5) is 4.39 Å². The average Bonchev–Trinajstić information content (AvgIpc) is 2.55. The maximum Gasteiger partial charge on any atom is 0.277 e. The summed E-state index contributed by atoms with van der Waals surface area (Å²) in [6.07, 6.45) is 2.36. The Kier molecular flexibility index (Phi) is 6.29. The molecule has 2 rings (SSSR count). The molecule has 0 heterocycles. The number of nitrogens with one attached hydrogen (secondary N) is 1. The minimum absolute atomic E-state index is 0.148. The number of amides is 1. The van der Waals surface area contributed by atoms with Crippen molar-refractivity contribution in [2.45, 2.75) is 13.3 Å². The van der Waals surface area contributed by atoms with Gasteiger partial charge in [-0.3, -0.25) is 4.79 Å². The third-order valence-electron chi connectivity index (χ3n) is 3.04. The van der Waals surface area contributed by atoms with Gasteiger partial charge in [0.25, 0.3) is 5.91 Å². The molecule has 0 aromatic heterocycles. The van der Waals surface area contributed by atoms with Gasteiger partial charge in [-0.2, -0.15) is 5.10 Å². The van der Waals surface area contributed by atoms with Gasteiger partial charge in [0, 0.05) is 0 Å². The molecule has 1 amide bonds. The van der Waals surface area contributed by atoms with Gasteiger partial charge in [0.1, 0.15) is 11.6 Å². The van der Waals surface area contributed by atoms with Gasteiger partial charge in [0.15, 0.2) is 6.61 Å². The highest BCUT2D eigenvalue weighted by molar-refractivity contribution is 9.10. The molecule has 0 bridgehead atoms. The Morgan fingerprint density at radius 3 is 2.70 bits per heavy atom. The first-order valence-electron chi connectivity index (χ1n) is 7.07. The summed E-state index contributed by atoms with van der Waals surface area (Å²) in [5.74, 6) is -0.103. The van der Waals surface area contributed by atoms with E-state index in [1.807, 2.05) is 18.2 Å². The summed E-state index contributed by atoms with van der Waals surface area (Å²) >= 11 is 3.41. The molecule has 1 N–H and O–H groups in total. The molecule has 0 saturated carbocycles. The molecule has 4 nitrogen and oxygen atoms in total. The van der Waals surface area contributed by atoms with Crippen molar-refractivity contribution < 1.29 is 13.9 Å². The lowest BCUT2D eigenvalue weighted by atomic mass is 10.2. The van der Waals surface area contributed by atoms with Crippen LogP contribution in [-0.4, -0.2) is 18.7 Å². The Balaban J connectivity index is 1.82. The molecule has 0 saturated heterocycles. The van der Waals surface area contributed by atoms with E-state index in [9.17, 15) is 9.18 Å². The molecular weight excluding hydrogens is 363 g/mol. The predicted octanol–water partition coefficient (Wildman–Crippen LogP) is 3.68. The van der Waals surface area contributed by atoms with Gasteiger partial charge in [0.2, 0.25) is 0 Å².